The highest BCUT2D eigenvalue weighted by Gasteiger charge is 2.24. The molecule has 11 heteroatoms. The first kappa shape index (κ1) is 31.7. The van der Waals surface area contributed by atoms with Crippen molar-refractivity contribution < 1.29 is 9.59 Å². The van der Waals surface area contributed by atoms with Crippen molar-refractivity contribution in [3.8, 4) is 11.1 Å². The van der Waals surface area contributed by atoms with E-state index in [4.69, 9.17) is 0 Å². The Morgan fingerprint density at radius 2 is 1.60 bits per heavy atom. The third-order valence-electron chi connectivity index (χ3n) is 8.87. The van der Waals surface area contributed by atoms with E-state index in [2.05, 4.69) is 61.7 Å². The van der Waals surface area contributed by atoms with Gasteiger partial charge < -0.3 is 24.9 Å². The van der Waals surface area contributed by atoms with Crippen molar-refractivity contribution in [1.29, 1.82) is 0 Å². The molecule has 5 heterocycles. The maximum Gasteiger partial charge on any atom is 0.257 e. The molecular weight excluding hydrogens is 590 g/mol. The minimum atomic E-state index is -0.265. The number of piperazine rings is 2. The van der Waals surface area contributed by atoms with E-state index in [-0.39, 0.29) is 11.8 Å². The molecule has 6 rings (SSSR count). The van der Waals surface area contributed by atoms with Crippen molar-refractivity contribution in [2.75, 3.05) is 69.6 Å². The quantitative estimate of drug-likeness (QED) is 0.228. The van der Waals surface area contributed by atoms with Crippen LogP contribution in [0.3, 0.4) is 0 Å². The Bertz CT molecular complexity index is 1840. The monoisotopic (exact) mass is 631 g/mol. The fraction of sp³-hybridized carbons (Fsp3) is 0.306. The van der Waals surface area contributed by atoms with Crippen LogP contribution in [0.15, 0.2) is 97.3 Å². The number of carbonyl (C=O) groups excluding carboxylic acids is 2. The molecule has 0 spiro atoms. The summed E-state index contributed by atoms with van der Waals surface area (Å²) in [6, 6.07) is 11.5. The van der Waals surface area contributed by atoms with Crippen LogP contribution in [0.25, 0.3) is 21.9 Å². The van der Waals surface area contributed by atoms with Crippen LogP contribution in [-0.2, 0) is 11.8 Å². The van der Waals surface area contributed by atoms with Crippen molar-refractivity contribution in [1.82, 2.24) is 34.4 Å². The van der Waals surface area contributed by atoms with E-state index < -0.39 is 0 Å². The van der Waals surface area contributed by atoms with E-state index in [9.17, 15) is 9.59 Å². The number of amides is 2. The first-order valence-corrected chi connectivity index (χ1v) is 15.9. The van der Waals surface area contributed by atoms with Gasteiger partial charge in [-0.3, -0.25) is 14.3 Å². The highest BCUT2D eigenvalue weighted by atomic mass is 16.2. The molecule has 1 aromatic carbocycles. The number of likely N-dealkylation sites (N-methyl/N-ethyl adjacent to an activating group) is 1. The summed E-state index contributed by atoms with van der Waals surface area (Å²) in [5.41, 5.74) is 4.28. The van der Waals surface area contributed by atoms with E-state index in [1.54, 1.807) is 35.3 Å². The normalized spacial score (nSPS) is 16.4. The molecule has 0 saturated carbocycles. The third-order valence-corrected chi connectivity index (χ3v) is 8.87. The van der Waals surface area contributed by atoms with Crippen LogP contribution in [0.4, 0.5) is 11.6 Å². The Morgan fingerprint density at radius 3 is 2.32 bits per heavy atom. The second-order valence-corrected chi connectivity index (χ2v) is 12.1. The number of nitrogens with zero attached hydrogens (tertiary/aromatic N) is 8. The molecule has 1 N–H and O–H groups in total. The van der Waals surface area contributed by atoms with E-state index in [0.29, 0.717) is 49.0 Å². The average Bonchev–Trinajstić information content (AvgIpc) is 3.54. The minimum Gasteiger partial charge on any atom is -0.372 e. The molecule has 2 amide bonds. The zero-order valence-electron chi connectivity index (χ0n) is 27.3. The van der Waals surface area contributed by atoms with Gasteiger partial charge in [0, 0.05) is 106 Å². The van der Waals surface area contributed by atoms with Crippen molar-refractivity contribution in [3.63, 3.8) is 0 Å². The number of anilines is 2. The number of hydrogen-bond donors (Lipinski definition) is 1. The number of allylic oxidation sites excluding steroid dienone is 3. The predicted octanol–water partition coefficient (Wildman–Crippen LogP) is 4.19. The predicted molar refractivity (Wildman–Crippen MR) is 186 cm³/mol. The largest absolute Gasteiger partial charge is 0.372 e. The van der Waals surface area contributed by atoms with Crippen molar-refractivity contribution in [3.05, 3.63) is 103 Å². The van der Waals surface area contributed by atoms with Gasteiger partial charge in [0.25, 0.3) is 11.8 Å². The van der Waals surface area contributed by atoms with Gasteiger partial charge in [-0.15, -0.1) is 0 Å². The van der Waals surface area contributed by atoms with E-state index in [1.807, 2.05) is 54.7 Å². The van der Waals surface area contributed by atoms with Gasteiger partial charge in [-0.05, 0) is 61.3 Å². The van der Waals surface area contributed by atoms with Gasteiger partial charge >= 0.3 is 0 Å². The summed E-state index contributed by atoms with van der Waals surface area (Å²) in [4.78, 5) is 44.2. The fourth-order valence-electron chi connectivity index (χ4n) is 5.90. The number of fused-ring (bicyclic) bond motifs is 1. The van der Waals surface area contributed by atoms with Gasteiger partial charge in [-0.25, -0.2) is 9.97 Å². The molecule has 242 valence electrons. The molecule has 4 aromatic rings. The van der Waals surface area contributed by atoms with E-state index >= 15 is 0 Å². The molecule has 2 fully saturated rings. The maximum atomic E-state index is 13.3. The summed E-state index contributed by atoms with van der Waals surface area (Å²) in [5.74, 6) is 0.871. The SMILES string of the molecule is C=C/C(=C\C=C(/C)N1CCN(C)CC1)C(=O)N1CCN(c2cc(C(=O)Nc3cc4cc(-c5cnn(C)c5)ccc4cn3)ccn2)CC1. The summed E-state index contributed by atoms with van der Waals surface area (Å²) in [6.45, 7) is 12.3. The van der Waals surface area contributed by atoms with E-state index in [0.717, 1.165) is 53.8 Å². The van der Waals surface area contributed by atoms with Crippen LogP contribution in [0.5, 0.6) is 0 Å². The van der Waals surface area contributed by atoms with Gasteiger partial charge in [0.15, 0.2) is 0 Å². The summed E-state index contributed by atoms with van der Waals surface area (Å²) in [6.07, 6.45) is 12.7. The number of pyridine rings is 2. The van der Waals surface area contributed by atoms with Gasteiger partial charge in [0.2, 0.25) is 0 Å². The van der Waals surface area contributed by atoms with Gasteiger partial charge in [0.1, 0.15) is 11.6 Å². The highest BCUT2D eigenvalue weighted by Crippen LogP contribution is 2.26. The Labute approximate surface area is 275 Å². The standard InChI is InChI=1S/C36H41N9O2/c1-5-27(7-6-26(2)43-14-12-41(3)13-15-43)36(47)45-18-16-44(17-19-45)34-22-29(10-11-37-34)35(46)40-33-21-31-20-28(8-9-30(31)23-38-33)32-24-39-42(4)25-32/h5-11,20-25H,1,12-19H2,2-4H3,(H,38,40,46)/b26-6+,27-7+. The molecule has 0 aliphatic carbocycles. The second kappa shape index (κ2) is 14.0. The summed E-state index contributed by atoms with van der Waals surface area (Å²) in [5, 5.41) is 9.15. The number of aryl methyl sites for hydroxylation is 1. The molecule has 0 unspecified atom stereocenters. The third kappa shape index (κ3) is 7.41. The van der Waals surface area contributed by atoms with Gasteiger partial charge in [0.05, 0.1) is 6.20 Å². The molecular formula is C36H41N9O2. The Kier molecular flexibility index (Phi) is 9.44. The average molecular weight is 632 g/mol. The molecule has 47 heavy (non-hydrogen) atoms. The van der Waals surface area contributed by atoms with Crippen LogP contribution in [0.2, 0.25) is 0 Å². The van der Waals surface area contributed by atoms with E-state index in [1.165, 1.54) is 0 Å². The first-order valence-electron chi connectivity index (χ1n) is 15.9. The zero-order chi connectivity index (χ0) is 32.9. The molecule has 0 atom stereocenters. The summed E-state index contributed by atoms with van der Waals surface area (Å²) < 4.78 is 1.77. The Hall–Kier alpha value is -5.29. The molecule has 2 aliphatic heterocycles. The maximum absolute atomic E-state index is 13.3. The van der Waals surface area contributed by atoms with Crippen LogP contribution >= 0.6 is 0 Å². The Morgan fingerprint density at radius 1 is 0.830 bits per heavy atom. The van der Waals surface area contributed by atoms with Gasteiger partial charge in [-0.2, -0.15) is 5.10 Å². The van der Waals surface area contributed by atoms with Crippen LogP contribution < -0.4 is 10.2 Å². The van der Waals surface area contributed by atoms with Crippen molar-refractivity contribution >= 4 is 34.2 Å². The molecule has 2 saturated heterocycles. The smallest absolute Gasteiger partial charge is 0.257 e. The number of nitrogens with one attached hydrogen (secondary N) is 1. The second-order valence-electron chi connectivity index (χ2n) is 12.1. The molecule has 2 aliphatic rings. The molecule has 0 radical (unpaired) electrons. The minimum absolute atomic E-state index is 0.0291. The number of carbonyl (C=O) groups is 2. The van der Waals surface area contributed by atoms with Crippen molar-refractivity contribution in [2.45, 2.75) is 6.92 Å². The van der Waals surface area contributed by atoms with Crippen LogP contribution in [0.1, 0.15) is 17.3 Å². The topological polar surface area (TPSA) is 103 Å². The van der Waals surface area contributed by atoms with Crippen LogP contribution in [0, 0.1) is 0 Å². The Balaban J connectivity index is 1.07. The molecule has 11 nitrogen and oxygen atoms in total. The van der Waals surface area contributed by atoms with Crippen molar-refractivity contribution in [2.24, 2.45) is 7.05 Å². The number of benzene rings is 1. The lowest BCUT2D eigenvalue weighted by molar-refractivity contribution is -0.127. The summed E-state index contributed by atoms with van der Waals surface area (Å²) in [7, 11) is 4.03. The molecule has 0 bridgehead atoms. The summed E-state index contributed by atoms with van der Waals surface area (Å²) >= 11 is 0. The number of hydrogen-bond acceptors (Lipinski definition) is 8. The molecule has 3 aromatic heterocycles. The number of aromatic nitrogens is 4. The lowest BCUT2D eigenvalue weighted by atomic mass is 10.1. The highest BCUT2D eigenvalue weighted by molar-refractivity contribution is 6.05. The lowest BCUT2D eigenvalue weighted by Crippen LogP contribution is -2.49. The number of rotatable bonds is 8. The zero-order valence-corrected chi connectivity index (χ0v) is 27.3. The fourth-order valence-corrected chi connectivity index (χ4v) is 5.90. The van der Waals surface area contributed by atoms with Gasteiger partial charge in [-0.1, -0.05) is 24.8 Å². The lowest BCUT2D eigenvalue weighted by Gasteiger charge is -2.35. The van der Waals surface area contributed by atoms with Crippen LogP contribution in [-0.4, -0.2) is 106 Å². The first-order chi connectivity index (χ1) is 22.8.